The van der Waals surface area contributed by atoms with Crippen molar-refractivity contribution in [2.75, 3.05) is 5.75 Å². The van der Waals surface area contributed by atoms with Gasteiger partial charge in [0.15, 0.2) is 17.1 Å². The van der Waals surface area contributed by atoms with Gasteiger partial charge in [-0.05, 0) is 50.5 Å². The van der Waals surface area contributed by atoms with E-state index in [0.717, 1.165) is 24.2 Å². The lowest BCUT2D eigenvalue weighted by atomic mass is 9.95. The molecule has 28 heavy (non-hydrogen) atoms. The van der Waals surface area contributed by atoms with E-state index >= 15 is 0 Å². The van der Waals surface area contributed by atoms with Crippen LogP contribution in [0.1, 0.15) is 56.5 Å². The third-order valence-corrected chi connectivity index (χ3v) is 6.42. The summed E-state index contributed by atoms with van der Waals surface area (Å²) in [5.74, 6) is 1.84. The molecule has 0 bridgehead atoms. The van der Waals surface area contributed by atoms with Crippen molar-refractivity contribution < 1.29 is 9.53 Å². The van der Waals surface area contributed by atoms with Crippen molar-refractivity contribution in [3.8, 4) is 5.75 Å². The molecule has 0 aliphatic heterocycles. The predicted molar refractivity (Wildman–Crippen MR) is 112 cm³/mol. The second kappa shape index (κ2) is 9.65. The summed E-state index contributed by atoms with van der Waals surface area (Å²) in [7, 11) is 1.89. The van der Waals surface area contributed by atoms with Gasteiger partial charge >= 0.3 is 0 Å². The lowest BCUT2D eigenvalue weighted by Crippen LogP contribution is -2.37. The second-order valence-corrected chi connectivity index (χ2v) is 8.61. The van der Waals surface area contributed by atoms with Crippen molar-refractivity contribution >= 4 is 29.3 Å². The minimum absolute atomic E-state index is 0.0578. The average Bonchev–Trinajstić information content (AvgIpc) is 3.04. The summed E-state index contributed by atoms with van der Waals surface area (Å²) in [6, 6.07) is 5.89. The Hall–Kier alpha value is -1.73. The second-order valence-electron chi connectivity index (χ2n) is 7.26. The van der Waals surface area contributed by atoms with Crippen LogP contribution in [0.25, 0.3) is 0 Å². The van der Waals surface area contributed by atoms with E-state index in [2.05, 4.69) is 15.5 Å². The maximum absolute atomic E-state index is 12.2. The van der Waals surface area contributed by atoms with Crippen LogP contribution >= 0.6 is 23.4 Å². The van der Waals surface area contributed by atoms with Crippen molar-refractivity contribution in [1.82, 2.24) is 20.1 Å². The molecule has 1 aromatic carbocycles. The van der Waals surface area contributed by atoms with Gasteiger partial charge in [-0.2, -0.15) is 0 Å². The van der Waals surface area contributed by atoms with E-state index in [0.29, 0.717) is 27.8 Å². The standard InChI is InChI=1S/C20H27ClN4O2S/c1-13-11-16(9-10-17(13)21)27-14(2)19-23-24-20(25(19)3)28-12-18(26)22-15-7-5-4-6-8-15/h9-11,14-15H,4-8,12H2,1-3H3,(H,22,26). The summed E-state index contributed by atoms with van der Waals surface area (Å²) in [6.07, 6.45) is 5.58. The number of thioether (sulfide) groups is 1. The summed E-state index contributed by atoms with van der Waals surface area (Å²) < 4.78 is 7.87. The molecule has 1 heterocycles. The molecule has 1 amide bonds. The van der Waals surface area contributed by atoms with Gasteiger partial charge in [0.05, 0.1) is 5.75 Å². The topological polar surface area (TPSA) is 69.0 Å². The molecule has 3 rings (SSSR count). The summed E-state index contributed by atoms with van der Waals surface area (Å²) in [5, 5.41) is 13.0. The number of rotatable bonds is 7. The van der Waals surface area contributed by atoms with Crippen molar-refractivity contribution in [2.24, 2.45) is 7.05 Å². The molecule has 2 aromatic rings. The van der Waals surface area contributed by atoms with Crippen LogP contribution in [0.15, 0.2) is 23.4 Å². The largest absolute Gasteiger partial charge is 0.483 e. The molecule has 1 aromatic heterocycles. The van der Waals surface area contributed by atoms with E-state index in [4.69, 9.17) is 16.3 Å². The first kappa shape index (κ1) is 21.0. The minimum atomic E-state index is -0.275. The first-order valence-corrected chi connectivity index (χ1v) is 11.0. The van der Waals surface area contributed by atoms with Crippen LogP contribution in [0.3, 0.4) is 0 Å². The Morgan fingerprint density at radius 2 is 2.11 bits per heavy atom. The molecule has 0 radical (unpaired) electrons. The number of nitrogens with zero attached hydrogens (tertiary/aromatic N) is 3. The van der Waals surface area contributed by atoms with Crippen LogP contribution in [0.4, 0.5) is 0 Å². The molecule has 1 aliphatic rings. The lowest BCUT2D eigenvalue weighted by Gasteiger charge is -2.22. The van der Waals surface area contributed by atoms with E-state index in [1.165, 1.54) is 31.0 Å². The first-order valence-electron chi connectivity index (χ1n) is 9.68. The fraction of sp³-hybridized carbons (Fsp3) is 0.550. The molecule has 6 nitrogen and oxygen atoms in total. The van der Waals surface area contributed by atoms with Gasteiger partial charge in [0, 0.05) is 18.1 Å². The number of carbonyl (C=O) groups excluding carboxylic acids is 1. The Bertz CT molecular complexity index is 821. The van der Waals surface area contributed by atoms with Crippen molar-refractivity contribution in [3.05, 3.63) is 34.6 Å². The number of amides is 1. The molecule has 1 atom stereocenters. The Morgan fingerprint density at radius 3 is 2.82 bits per heavy atom. The third-order valence-electron chi connectivity index (χ3n) is 4.98. The van der Waals surface area contributed by atoms with E-state index in [9.17, 15) is 4.79 Å². The Balaban J connectivity index is 1.55. The van der Waals surface area contributed by atoms with E-state index < -0.39 is 0 Å². The smallest absolute Gasteiger partial charge is 0.230 e. The van der Waals surface area contributed by atoms with E-state index in [1.54, 1.807) is 0 Å². The molecule has 0 spiro atoms. The number of benzene rings is 1. The molecule has 1 N–H and O–H groups in total. The van der Waals surface area contributed by atoms with Gasteiger partial charge in [0.1, 0.15) is 5.75 Å². The Labute approximate surface area is 175 Å². The van der Waals surface area contributed by atoms with E-state index in [-0.39, 0.29) is 12.0 Å². The maximum Gasteiger partial charge on any atom is 0.230 e. The van der Waals surface area contributed by atoms with Crippen LogP contribution in [0.2, 0.25) is 5.02 Å². The zero-order valence-electron chi connectivity index (χ0n) is 16.6. The number of aryl methyl sites for hydroxylation is 1. The summed E-state index contributed by atoms with van der Waals surface area (Å²) in [4.78, 5) is 12.2. The molecule has 1 unspecified atom stereocenters. The quantitative estimate of drug-likeness (QED) is 0.667. The molecule has 1 aliphatic carbocycles. The number of aromatic nitrogens is 3. The SMILES string of the molecule is Cc1cc(OC(C)c2nnc(SCC(=O)NC3CCCCC3)n2C)ccc1Cl. The highest BCUT2D eigenvalue weighted by Crippen LogP contribution is 2.26. The first-order chi connectivity index (χ1) is 13.4. The molecule has 1 saturated carbocycles. The Morgan fingerprint density at radius 1 is 1.36 bits per heavy atom. The maximum atomic E-state index is 12.2. The normalized spacial score (nSPS) is 16.0. The molecular formula is C20H27ClN4O2S. The van der Waals surface area contributed by atoms with E-state index in [1.807, 2.05) is 43.7 Å². The fourth-order valence-electron chi connectivity index (χ4n) is 3.40. The molecule has 1 fully saturated rings. The molecule has 8 heteroatoms. The van der Waals surface area contributed by atoms with Gasteiger partial charge in [0.2, 0.25) is 5.91 Å². The highest BCUT2D eigenvalue weighted by Gasteiger charge is 2.20. The number of nitrogens with one attached hydrogen (secondary N) is 1. The highest BCUT2D eigenvalue weighted by molar-refractivity contribution is 7.99. The van der Waals surface area contributed by atoms with Crippen molar-refractivity contribution in [1.29, 1.82) is 0 Å². The van der Waals surface area contributed by atoms with Crippen molar-refractivity contribution in [2.45, 2.75) is 63.3 Å². The number of hydrogen-bond acceptors (Lipinski definition) is 5. The van der Waals surface area contributed by atoms with Gasteiger partial charge in [-0.25, -0.2) is 0 Å². The van der Waals surface area contributed by atoms with Gasteiger partial charge < -0.3 is 14.6 Å². The monoisotopic (exact) mass is 422 g/mol. The number of halogens is 1. The lowest BCUT2D eigenvalue weighted by molar-refractivity contribution is -0.119. The zero-order valence-corrected chi connectivity index (χ0v) is 18.1. The highest BCUT2D eigenvalue weighted by atomic mass is 35.5. The molecular weight excluding hydrogens is 396 g/mol. The number of carbonyl (C=O) groups is 1. The third kappa shape index (κ3) is 5.41. The van der Waals surface area contributed by atoms with Crippen LogP contribution < -0.4 is 10.1 Å². The summed E-state index contributed by atoms with van der Waals surface area (Å²) in [6.45, 7) is 3.87. The van der Waals surface area contributed by atoms with Crippen LogP contribution in [0, 0.1) is 6.92 Å². The van der Waals surface area contributed by atoms with Crippen LogP contribution in [-0.4, -0.2) is 32.5 Å². The summed E-state index contributed by atoms with van der Waals surface area (Å²) in [5.41, 5.74) is 0.963. The molecule has 0 saturated heterocycles. The van der Waals surface area contributed by atoms with Crippen molar-refractivity contribution in [3.63, 3.8) is 0 Å². The summed E-state index contributed by atoms with van der Waals surface area (Å²) >= 11 is 7.46. The fourth-order valence-corrected chi connectivity index (χ4v) is 4.25. The van der Waals surface area contributed by atoms with Crippen LogP contribution in [-0.2, 0) is 11.8 Å². The Kier molecular flexibility index (Phi) is 7.24. The molecule has 152 valence electrons. The minimum Gasteiger partial charge on any atom is -0.483 e. The average molecular weight is 423 g/mol. The van der Waals surface area contributed by atoms with Gasteiger partial charge in [-0.15, -0.1) is 10.2 Å². The number of ether oxygens (including phenoxy) is 1. The zero-order chi connectivity index (χ0) is 20.1. The van der Waals surface area contributed by atoms with Crippen LogP contribution in [0.5, 0.6) is 5.75 Å². The van der Waals surface area contributed by atoms with Gasteiger partial charge in [0.25, 0.3) is 0 Å². The predicted octanol–water partition coefficient (Wildman–Crippen LogP) is 4.46. The van der Waals surface area contributed by atoms with Gasteiger partial charge in [-0.3, -0.25) is 4.79 Å². The van der Waals surface area contributed by atoms with Gasteiger partial charge in [-0.1, -0.05) is 42.6 Å². The number of hydrogen-bond donors (Lipinski definition) is 1.